The van der Waals surface area contributed by atoms with E-state index in [0.29, 0.717) is 21.8 Å². The Balaban J connectivity index is 1.45. The van der Waals surface area contributed by atoms with Crippen LogP contribution < -0.4 is 5.32 Å². The molecule has 1 fully saturated rings. The molecule has 3 atom stereocenters. The first-order chi connectivity index (χ1) is 20.3. The van der Waals surface area contributed by atoms with E-state index in [4.69, 9.17) is 16.3 Å². The van der Waals surface area contributed by atoms with Crippen molar-refractivity contribution in [2.45, 2.75) is 57.8 Å². The van der Waals surface area contributed by atoms with E-state index >= 15 is 0 Å². The highest BCUT2D eigenvalue weighted by Crippen LogP contribution is 2.32. The van der Waals surface area contributed by atoms with Gasteiger partial charge in [0.25, 0.3) is 0 Å². The third-order valence-corrected chi connectivity index (χ3v) is 7.40. The number of likely N-dealkylation sites (tertiary alicyclic amines) is 1. The number of aromatic nitrogens is 5. The van der Waals surface area contributed by atoms with Gasteiger partial charge in [-0.2, -0.15) is 5.10 Å². The lowest BCUT2D eigenvalue weighted by atomic mass is 9.97. The van der Waals surface area contributed by atoms with Crippen LogP contribution in [-0.4, -0.2) is 59.9 Å². The summed E-state index contributed by atoms with van der Waals surface area (Å²) in [7, 11) is 1.82. The second kappa shape index (κ2) is 11.8. The van der Waals surface area contributed by atoms with E-state index in [1.54, 1.807) is 60.6 Å². The number of benzene rings is 2. The summed E-state index contributed by atoms with van der Waals surface area (Å²) in [6.07, 6.45) is 3.16. The lowest BCUT2D eigenvalue weighted by molar-refractivity contribution is -0.126. The first kappa shape index (κ1) is 30.1. The summed E-state index contributed by atoms with van der Waals surface area (Å²) in [5, 5.41) is 16.4. The summed E-state index contributed by atoms with van der Waals surface area (Å²) >= 11 is 6.08. The summed E-state index contributed by atoms with van der Waals surface area (Å²) in [6.45, 7) is 7.24. The Hall–Kier alpha value is -4.32. The Morgan fingerprint density at radius 1 is 1.07 bits per heavy atom. The Kier molecular flexibility index (Phi) is 8.24. The molecule has 0 saturated carbocycles. The number of nitrogens with zero attached hydrogens (tertiary/aromatic N) is 6. The lowest BCUT2D eigenvalue weighted by Crippen LogP contribution is -2.48. The Labute approximate surface area is 252 Å². The van der Waals surface area contributed by atoms with Crippen LogP contribution in [0.25, 0.3) is 11.3 Å². The van der Waals surface area contributed by atoms with E-state index in [-0.39, 0.29) is 13.0 Å². The minimum Gasteiger partial charge on any atom is -0.444 e. The summed E-state index contributed by atoms with van der Waals surface area (Å²) in [5.74, 6) is -2.55. The zero-order valence-electron chi connectivity index (χ0n) is 24.4. The molecule has 0 bridgehead atoms. The highest BCUT2D eigenvalue weighted by Gasteiger charge is 2.43. The second-order valence-electron chi connectivity index (χ2n) is 11.6. The molecule has 0 aliphatic carbocycles. The third-order valence-electron chi connectivity index (χ3n) is 7.15. The van der Waals surface area contributed by atoms with E-state index in [2.05, 4.69) is 20.7 Å². The molecular formula is C30H32ClF2N7O3. The van der Waals surface area contributed by atoms with Gasteiger partial charge in [-0.3, -0.25) is 14.4 Å². The zero-order chi connectivity index (χ0) is 31.1. The molecule has 2 amide bonds. The van der Waals surface area contributed by atoms with Crippen LogP contribution >= 0.6 is 11.6 Å². The zero-order valence-corrected chi connectivity index (χ0v) is 25.1. The molecule has 1 N–H and O–H groups in total. The number of hydrogen-bond donors (Lipinski definition) is 1. The molecule has 2 aromatic heterocycles. The third kappa shape index (κ3) is 6.69. The minimum absolute atomic E-state index is 0.138. The van der Waals surface area contributed by atoms with Gasteiger partial charge in [0.1, 0.15) is 17.3 Å². The summed E-state index contributed by atoms with van der Waals surface area (Å²) in [5.41, 5.74) is 2.34. The normalized spacial score (nSPS) is 17.6. The van der Waals surface area contributed by atoms with Gasteiger partial charge < -0.3 is 10.1 Å². The quantitative estimate of drug-likeness (QED) is 0.314. The van der Waals surface area contributed by atoms with Crippen LogP contribution in [0.3, 0.4) is 0 Å². The van der Waals surface area contributed by atoms with Crippen molar-refractivity contribution in [1.29, 1.82) is 0 Å². The lowest BCUT2D eigenvalue weighted by Gasteiger charge is -2.29. The van der Waals surface area contributed by atoms with Gasteiger partial charge in [-0.15, -0.1) is 5.10 Å². The summed E-state index contributed by atoms with van der Waals surface area (Å²) < 4.78 is 37.0. The number of halogens is 3. The van der Waals surface area contributed by atoms with Crippen molar-refractivity contribution in [3.05, 3.63) is 88.3 Å². The molecule has 43 heavy (non-hydrogen) atoms. The maximum Gasteiger partial charge on any atom is 0.411 e. The molecule has 1 aliphatic rings. The van der Waals surface area contributed by atoms with Crippen molar-refractivity contribution in [3.8, 4) is 11.3 Å². The molecule has 1 aliphatic heterocycles. The van der Waals surface area contributed by atoms with Crippen molar-refractivity contribution < 1.29 is 23.1 Å². The van der Waals surface area contributed by atoms with Gasteiger partial charge >= 0.3 is 6.09 Å². The van der Waals surface area contributed by atoms with E-state index in [9.17, 15) is 18.4 Å². The van der Waals surface area contributed by atoms with Crippen LogP contribution in [0.5, 0.6) is 0 Å². The van der Waals surface area contributed by atoms with E-state index in [0.717, 1.165) is 23.4 Å². The molecule has 226 valence electrons. The Morgan fingerprint density at radius 3 is 2.40 bits per heavy atom. The summed E-state index contributed by atoms with van der Waals surface area (Å²) in [6, 6.07) is 7.90. The number of carbonyl (C=O) groups excluding carboxylic acids is 2. The number of amides is 2. The molecule has 2 aromatic carbocycles. The van der Waals surface area contributed by atoms with Crippen molar-refractivity contribution >= 4 is 23.6 Å². The van der Waals surface area contributed by atoms with Gasteiger partial charge in [0.2, 0.25) is 5.91 Å². The van der Waals surface area contributed by atoms with Gasteiger partial charge in [-0.1, -0.05) is 35.0 Å². The molecule has 4 aromatic rings. The predicted molar refractivity (Wildman–Crippen MR) is 155 cm³/mol. The fourth-order valence-electron chi connectivity index (χ4n) is 5.15. The number of aryl methyl sites for hydroxylation is 2. The number of hydrogen-bond acceptors (Lipinski definition) is 6. The van der Waals surface area contributed by atoms with Gasteiger partial charge in [0, 0.05) is 36.8 Å². The topological polar surface area (TPSA) is 107 Å². The Morgan fingerprint density at radius 2 is 1.77 bits per heavy atom. The van der Waals surface area contributed by atoms with Gasteiger partial charge in [-0.25, -0.2) is 18.3 Å². The van der Waals surface area contributed by atoms with Crippen molar-refractivity contribution in [3.63, 3.8) is 0 Å². The van der Waals surface area contributed by atoms with Crippen LogP contribution in [0.2, 0.25) is 5.02 Å². The maximum atomic E-state index is 14.3. The first-order valence-corrected chi connectivity index (χ1v) is 14.1. The Bertz CT molecular complexity index is 1650. The van der Waals surface area contributed by atoms with Crippen molar-refractivity contribution in [2.24, 2.45) is 7.05 Å². The average molecular weight is 612 g/mol. The van der Waals surface area contributed by atoms with Crippen molar-refractivity contribution in [1.82, 2.24) is 35.0 Å². The van der Waals surface area contributed by atoms with Crippen LogP contribution in [0.15, 0.2) is 54.9 Å². The molecule has 2 unspecified atom stereocenters. The van der Waals surface area contributed by atoms with Crippen LogP contribution in [0, 0.1) is 18.6 Å². The van der Waals surface area contributed by atoms with Gasteiger partial charge in [0.15, 0.2) is 11.6 Å². The van der Waals surface area contributed by atoms with Gasteiger partial charge in [-0.05, 0) is 63.1 Å². The fraction of sp³-hybridized carbons (Fsp3) is 0.367. The van der Waals surface area contributed by atoms with E-state index < -0.39 is 47.4 Å². The van der Waals surface area contributed by atoms with Crippen LogP contribution in [0.1, 0.15) is 56.1 Å². The number of ether oxygens (including phenoxy) is 1. The first-order valence-electron chi connectivity index (χ1n) is 13.7. The monoisotopic (exact) mass is 611 g/mol. The van der Waals surface area contributed by atoms with Crippen molar-refractivity contribution in [2.75, 3.05) is 6.54 Å². The highest BCUT2D eigenvalue weighted by molar-refractivity contribution is 6.30. The van der Waals surface area contributed by atoms with E-state index in [1.165, 1.54) is 11.0 Å². The second-order valence-corrected chi connectivity index (χ2v) is 12.0. The van der Waals surface area contributed by atoms with Crippen LogP contribution in [-0.2, 0) is 16.6 Å². The molecule has 13 heteroatoms. The smallest absolute Gasteiger partial charge is 0.411 e. The largest absolute Gasteiger partial charge is 0.444 e. The molecule has 0 spiro atoms. The number of rotatable bonds is 6. The maximum absolute atomic E-state index is 14.3. The van der Waals surface area contributed by atoms with E-state index in [1.807, 2.05) is 20.2 Å². The molecule has 0 radical (unpaired) electrons. The molecule has 1 saturated heterocycles. The fourth-order valence-corrected chi connectivity index (χ4v) is 5.28. The number of carbonyl (C=O) groups is 2. The highest BCUT2D eigenvalue weighted by atomic mass is 35.5. The minimum atomic E-state index is -1.05. The molecular weight excluding hydrogens is 580 g/mol. The molecule has 10 nitrogen and oxygen atoms in total. The SMILES string of the molecule is Cc1nn(C)cc1-c1cn(C2C[C@H](C(=O)NC(c3ccc(Cl)cc3)c3ccc(F)c(F)c3)N(C(=O)OC(C)(C)C)C2)nn1. The van der Waals surface area contributed by atoms with Crippen LogP contribution in [0.4, 0.5) is 13.6 Å². The molecule has 3 heterocycles. The molecule has 5 rings (SSSR count). The van der Waals surface area contributed by atoms with Gasteiger partial charge in [0.05, 0.1) is 24.0 Å². The number of nitrogens with one attached hydrogen (secondary N) is 1. The summed E-state index contributed by atoms with van der Waals surface area (Å²) in [4.78, 5) is 28.6. The average Bonchev–Trinajstić information content (AvgIpc) is 3.66. The standard InChI is InChI=1S/C30H32ClF2N7O3/c1-17-22(15-38(5)36-17)25-16-40(37-35-25)21-13-26(39(14-21)29(42)43-30(2,3)4)28(41)34-27(18-6-9-20(31)10-7-18)19-8-11-23(32)24(33)12-19/h6-12,15-16,21,26-27H,13-14H2,1-5H3,(H,34,41)/t21?,26-,27?/m1/s1. The predicted octanol–water partition coefficient (Wildman–Crippen LogP) is 5.37.